The number of nitrogens with one attached hydrogen (secondary N) is 1. The number of aliphatic hydroxyl groups is 1. The third kappa shape index (κ3) is 4.49. The molecule has 3 atom stereocenters. The molecule has 1 rings (SSSR count). The van der Waals surface area contributed by atoms with Gasteiger partial charge in [0.15, 0.2) is 0 Å². The summed E-state index contributed by atoms with van der Waals surface area (Å²) in [5, 5.41) is 12.9. The van der Waals surface area contributed by atoms with Crippen LogP contribution in [-0.2, 0) is 0 Å². The second kappa shape index (κ2) is 6.46. The number of likely N-dealkylation sites (tertiary alicyclic amines) is 1. The molecule has 0 aromatic rings. The number of β-amino-alcohol motifs (C(OH)–C–C–N with tert-alkyl or cyclic N) is 1. The normalized spacial score (nSPS) is 27.6. The summed E-state index contributed by atoms with van der Waals surface area (Å²) in [5.74, 6) is 0.748. The van der Waals surface area contributed by atoms with Gasteiger partial charge >= 0.3 is 0 Å². The Morgan fingerprint density at radius 3 is 2.80 bits per heavy atom. The lowest BCUT2D eigenvalue weighted by molar-refractivity contribution is 0.0864. The van der Waals surface area contributed by atoms with E-state index in [2.05, 4.69) is 24.1 Å². The fourth-order valence-electron chi connectivity index (χ4n) is 2.53. The van der Waals surface area contributed by atoms with E-state index >= 15 is 0 Å². The molecule has 3 nitrogen and oxygen atoms in total. The van der Waals surface area contributed by atoms with Gasteiger partial charge in [-0.25, -0.2) is 0 Å². The number of hydrogen-bond donors (Lipinski definition) is 2. The molecule has 0 bridgehead atoms. The minimum absolute atomic E-state index is 0.196. The second-order valence-electron chi connectivity index (χ2n) is 4.86. The van der Waals surface area contributed by atoms with Crippen LogP contribution in [0.1, 0.15) is 33.6 Å². The number of nitrogens with zero attached hydrogens (tertiary/aromatic N) is 1. The summed E-state index contributed by atoms with van der Waals surface area (Å²) in [6, 6.07) is 0.604. The zero-order valence-electron chi connectivity index (χ0n) is 10.4. The molecule has 0 aliphatic carbocycles. The highest BCUT2D eigenvalue weighted by Gasteiger charge is 2.24. The third-order valence-electron chi connectivity index (χ3n) is 3.30. The number of piperidine rings is 1. The fraction of sp³-hybridized carbons (Fsp3) is 1.00. The number of rotatable bonds is 5. The first-order valence-electron chi connectivity index (χ1n) is 6.27. The molecule has 0 spiro atoms. The zero-order chi connectivity index (χ0) is 11.3. The van der Waals surface area contributed by atoms with E-state index in [4.69, 9.17) is 0 Å². The maximum Gasteiger partial charge on any atom is 0.0639 e. The maximum absolute atomic E-state index is 9.38. The Kier molecular flexibility index (Phi) is 5.58. The first kappa shape index (κ1) is 12.9. The number of hydrogen-bond acceptors (Lipinski definition) is 3. The minimum atomic E-state index is -0.196. The predicted octanol–water partition coefficient (Wildman–Crippen LogP) is 1.08. The molecule has 0 aromatic carbocycles. The molecule has 1 heterocycles. The van der Waals surface area contributed by atoms with Crippen molar-refractivity contribution in [3.63, 3.8) is 0 Å². The lowest BCUT2D eigenvalue weighted by Crippen LogP contribution is -2.46. The summed E-state index contributed by atoms with van der Waals surface area (Å²) in [6.45, 7) is 10.5. The topological polar surface area (TPSA) is 35.5 Å². The Labute approximate surface area is 93.9 Å². The van der Waals surface area contributed by atoms with Crippen molar-refractivity contribution >= 4 is 0 Å². The van der Waals surface area contributed by atoms with Gasteiger partial charge in [-0.2, -0.15) is 0 Å². The van der Waals surface area contributed by atoms with Crippen LogP contribution in [0.15, 0.2) is 0 Å². The molecule has 0 radical (unpaired) electrons. The molecule has 0 saturated carbocycles. The van der Waals surface area contributed by atoms with Crippen LogP contribution in [0, 0.1) is 5.92 Å². The van der Waals surface area contributed by atoms with Gasteiger partial charge in [-0.15, -0.1) is 0 Å². The summed E-state index contributed by atoms with van der Waals surface area (Å²) in [5.41, 5.74) is 0. The quantitative estimate of drug-likeness (QED) is 0.719. The Hall–Kier alpha value is -0.120. The molecule has 1 aliphatic rings. The molecular formula is C12H26N2O. The largest absolute Gasteiger partial charge is 0.392 e. The van der Waals surface area contributed by atoms with E-state index < -0.39 is 0 Å². The molecule has 0 amide bonds. The van der Waals surface area contributed by atoms with Crippen LogP contribution in [-0.4, -0.2) is 48.3 Å². The van der Waals surface area contributed by atoms with Crippen molar-refractivity contribution in [3.8, 4) is 0 Å². The van der Waals surface area contributed by atoms with Crippen molar-refractivity contribution in [3.05, 3.63) is 0 Å². The molecular weight excluding hydrogens is 188 g/mol. The van der Waals surface area contributed by atoms with Crippen LogP contribution in [0.4, 0.5) is 0 Å². The molecule has 1 aliphatic heterocycles. The van der Waals surface area contributed by atoms with E-state index in [-0.39, 0.29) is 6.10 Å². The van der Waals surface area contributed by atoms with Gasteiger partial charge in [0, 0.05) is 19.1 Å². The molecule has 0 aromatic heterocycles. The molecule has 3 unspecified atom stereocenters. The average molecular weight is 214 g/mol. The average Bonchev–Trinajstić information content (AvgIpc) is 2.17. The van der Waals surface area contributed by atoms with Gasteiger partial charge < -0.3 is 15.3 Å². The monoisotopic (exact) mass is 214 g/mol. The van der Waals surface area contributed by atoms with Crippen LogP contribution < -0.4 is 5.32 Å². The van der Waals surface area contributed by atoms with Gasteiger partial charge in [-0.05, 0) is 45.7 Å². The Bertz CT molecular complexity index is 173. The SMILES string of the molecule is CCNC(C)C1CCCN(CC(C)O)C1. The highest BCUT2D eigenvalue weighted by Crippen LogP contribution is 2.19. The van der Waals surface area contributed by atoms with Gasteiger partial charge in [0.05, 0.1) is 6.10 Å². The van der Waals surface area contributed by atoms with Gasteiger partial charge in [-0.3, -0.25) is 0 Å². The van der Waals surface area contributed by atoms with Crippen molar-refractivity contribution in [1.29, 1.82) is 0 Å². The Morgan fingerprint density at radius 1 is 1.47 bits per heavy atom. The zero-order valence-corrected chi connectivity index (χ0v) is 10.4. The smallest absolute Gasteiger partial charge is 0.0639 e. The summed E-state index contributed by atoms with van der Waals surface area (Å²) < 4.78 is 0. The van der Waals surface area contributed by atoms with E-state index in [9.17, 15) is 5.11 Å². The van der Waals surface area contributed by atoms with E-state index in [0.717, 1.165) is 32.1 Å². The van der Waals surface area contributed by atoms with E-state index in [1.54, 1.807) is 0 Å². The highest BCUT2D eigenvalue weighted by atomic mass is 16.3. The summed E-state index contributed by atoms with van der Waals surface area (Å²) in [7, 11) is 0. The summed E-state index contributed by atoms with van der Waals surface area (Å²) in [6.07, 6.45) is 2.40. The maximum atomic E-state index is 9.38. The van der Waals surface area contributed by atoms with Gasteiger partial charge in [0.25, 0.3) is 0 Å². The third-order valence-corrected chi connectivity index (χ3v) is 3.30. The van der Waals surface area contributed by atoms with Crippen molar-refractivity contribution in [2.75, 3.05) is 26.2 Å². The molecule has 15 heavy (non-hydrogen) atoms. The van der Waals surface area contributed by atoms with E-state index in [1.807, 2.05) is 6.92 Å². The molecule has 90 valence electrons. The summed E-state index contributed by atoms with van der Waals surface area (Å²) >= 11 is 0. The van der Waals surface area contributed by atoms with Crippen LogP contribution in [0.5, 0.6) is 0 Å². The first-order valence-corrected chi connectivity index (χ1v) is 6.27. The lowest BCUT2D eigenvalue weighted by atomic mass is 9.91. The van der Waals surface area contributed by atoms with Crippen LogP contribution in [0.3, 0.4) is 0 Å². The number of aliphatic hydroxyl groups excluding tert-OH is 1. The second-order valence-corrected chi connectivity index (χ2v) is 4.86. The van der Waals surface area contributed by atoms with Gasteiger partial charge in [0.2, 0.25) is 0 Å². The van der Waals surface area contributed by atoms with Crippen LogP contribution in [0.2, 0.25) is 0 Å². The minimum Gasteiger partial charge on any atom is -0.392 e. The van der Waals surface area contributed by atoms with E-state index in [1.165, 1.54) is 12.8 Å². The Morgan fingerprint density at radius 2 is 2.20 bits per heavy atom. The molecule has 1 saturated heterocycles. The highest BCUT2D eigenvalue weighted by molar-refractivity contribution is 4.80. The molecule has 1 fully saturated rings. The van der Waals surface area contributed by atoms with Crippen molar-refractivity contribution in [2.24, 2.45) is 5.92 Å². The molecule has 2 N–H and O–H groups in total. The predicted molar refractivity (Wildman–Crippen MR) is 64.0 cm³/mol. The molecule has 3 heteroatoms. The fourth-order valence-corrected chi connectivity index (χ4v) is 2.53. The van der Waals surface area contributed by atoms with Gasteiger partial charge in [0.1, 0.15) is 0 Å². The standard InChI is InChI=1S/C12H26N2O/c1-4-13-11(3)12-6-5-7-14(9-12)8-10(2)15/h10-13,15H,4-9H2,1-3H3. The Balaban J connectivity index is 2.34. The first-order chi connectivity index (χ1) is 7.13. The lowest BCUT2D eigenvalue weighted by Gasteiger charge is -2.36. The van der Waals surface area contributed by atoms with Gasteiger partial charge in [-0.1, -0.05) is 6.92 Å². The summed E-state index contributed by atoms with van der Waals surface area (Å²) in [4.78, 5) is 2.40. The van der Waals surface area contributed by atoms with Crippen molar-refractivity contribution in [2.45, 2.75) is 45.8 Å². The van der Waals surface area contributed by atoms with Crippen LogP contribution >= 0.6 is 0 Å². The van der Waals surface area contributed by atoms with E-state index in [0.29, 0.717) is 6.04 Å². The van der Waals surface area contributed by atoms with Crippen molar-refractivity contribution < 1.29 is 5.11 Å². The van der Waals surface area contributed by atoms with Crippen LogP contribution in [0.25, 0.3) is 0 Å². The van der Waals surface area contributed by atoms with Crippen molar-refractivity contribution in [1.82, 2.24) is 10.2 Å².